The lowest BCUT2D eigenvalue weighted by Gasteiger charge is -2.40. The number of piperidine rings is 2. The van der Waals surface area contributed by atoms with Gasteiger partial charge in [-0.1, -0.05) is 48.9 Å². The first-order valence-electron chi connectivity index (χ1n) is 10.8. The van der Waals surface area contributed by atoms with Gasteiger partial charge in [-0.05, 0) is 37.3 Å². The van der Waals surface area contributed by atoms with Crippen LogP contribution in [0.25, 0.3) is 31.6 Å². The summed E-state index contributed by atoms with van der Waals surface area (Å²) >= 11 is 1.82. The van der Waals surface area contributed by atoms with Crippen LogP contribution in [0.1, 0.15) is 37.7 Å². The number of nitrogens with zero attached hydrogens (tertiary/aromatic N) is 1. The van der Waals surface area contributed by atoms with Crippen molar-refractivity contribution >= 4 is 31.6 Å². The molecule has 0 aliphatic carbocycles. The number of hydrogen-bond donors (Lipinski definition) is 3. The first kappa shape index (κ1) is 17.6. The minimum Gasteiger partial charge on any atom is -0.311 e. The summed E-state index contributed by atoms with van der Waals surface area (Å²) in [5.41, 5.74) is 4.75. The standard InChI is InChI=1S/C24H26N4S/c1-2-7-21-20(6-1)23-24(29-21)22(27-28-23)16-10-8-15(9-11-16)14-25-19-12-17-4-3-5-18(13-19)26-17/h1-2,6-11,17-19,25-26H,3-5,12-14H2,(H,27,28). The quantitative estimate of drug-likeness (QED) is 0.439. The molecule has 148 valence electrons. The Balaban J connectivity index is 1.18. The van der Waals surface area contributed by atoms with E-state index in [1.54, 1.807) is 0 Å². The van der Waals surface area contributed by atoms with Crippen molar-refractivity contribution in [2.24, 2.45) is 0 Å². The van der Waals surface area contributed by atoms with Crippen LogP contribution in [0, 0.1) is 0 Å². The molecule has 6 rings (SSSR count). The van der Waals surface area contributed by atoms with Crippen molar-refractivity contribution < 1.29 is 0 Å². The Kier molecular flexibility index (Phi) is 4.40. The molecule has 5 heteroatoms. The van der Waals surface area contributed by atoms with E-state index in [0.717, 1.165) is 29.8 Å². The molecule has 4 aromatic rings. The molecule has 2 aromatic carbocycles. The Morgan fingerprint density at radius 1 is 1.00 bits per heavy atom. The predicted molar refractivity (Wildman–Crippen MR) is 121 cm³/mol. The smallest absolute Gasteiger partial charge is 0.110 e. The van der Waals surface area contributed by atoms with Crippen LogP contribution < -0.4 is 10.6 Å². The van der Waals surface area contributed by atoms with Crippen molar-refractivity contribution in [1.29, 1.82) is 0 Å². The Bertz CT molecular complexity index is 1130. The molecule has 2 aliphatic rings. The Morgan fingerprint density at radius 2 is 1.79 bits per heavy atom. The van der Waals surface area contributed by atoms with E-state index in [4.69, 9.17) is 0 Å². The summed E-state index contributed by atoms with van der Waals surface area (Å²) in [6.07, 6.45) is 6.63. The number of aromatic nitrogens is 2. The van der Waals surface area contributed by atoms with E-state index in [1.165, 1.54) is 58.0 Å². The number of benzene rings is 2. The van der Waals surface area contributed by atoms with Gasteiger partial charge in [0.2, 0.25) is 0 Å². The summed E-state index contributed by atoms with van der Waals surface area (Å²) in [6.45, 7) is 0.948. The summed E-state index contributed by atoms with van der Waals surface area (Å²) in [5, 5.41) is 16.7. The molecule has 2 aromatic heterocycles. The Labute approximate surface area is 174 Å². The molecule has 4 heterocycles. The van der Waals surface area contributed by atoms with E-state index in [1.807, 2.05) is 11.3 Å². The van der Waals surface area contributed by atoms with Crippen LogP contribution in [0.4, 0.5) is 0 Å². The first-order chi connectivity index (χ1) is 14.3. The van der Waals surface area contributed by atoms with Gasteiger partial charge in [0.1, 0.15) is 5.69 Å². The molecular formula is C24H26N4S. The fourth-order valence-corrected chi connectivity index (χ4v) is 6.32. The van der Waals surface area contributed by atoms with E-state index < -0.39 is 0 Å². The van der Waals surface area contributed by atoms with Crippen LogP contribution in [0.2, 0.25) is 0 Å². The third-order valence-corrected chi connectivity index (χ3v) is 7.80. The van der Waals surface area contributed by atoms with Gasteiger partial charge in [-0.3, -0.25) is 5.10 Å². The van der Waals surface area contributed by atoms with Gasteiger partial charge in [-0.15, -0.1) is 11.3 Å². The molecule has 29 heavy (non-hydrogen) atoms. The maximum Gasteiger partial charge on any atom is 0.110 e. The highest BCUT2D eigenvalue weighted by atomic mass is 32.1. The first-order valence-corrected chi connectivity index (χ1v) is 11.6. The molecule has 4 nitrogen and oxygen atoms in total. The molecule has 2 atom stereocenters. The summed E-state index contributed by atoms with van der Waals surface area (Å²) in [5.74, 6) is 0. The second-order valence-electron chi connectivity index (χ2n) is 8.61. The summed E-state index contributed by atoms with van der Waals surface area (Å²) < 4.78 is 2.56. The summed E-state index contributed by atoms with van der Waals surface area (Å²) in [6, 6.07) is 19.6. The number of fused-ring (bicyclic) bond motifs is 5. The van der Waals surface area contributed by atoms with Crippen molar-refractivity contribution in [2.45, 2.75) is 56.8 Å². The fourth-order valence-electron chi connectivity index (χ4n) is 5.16. The molecule has 2 unspecified atom stereocenters. The monoisotopic (exact) mass is 402 g/mol. The van der Waals surface area contributed by atoms with Crippen molar-refractivity contribution in [3.8, 4) is 11.3 Å². The molecule has 0 radical (unpaired) electrons. The van der Waals surface area contributed by atoms with Gasteiger partial charge in [0.15, 0.2) is 0 Å². The van der Waals surface area contributed by atoms with Gasteiger partial charge in [-0.25, -0.2) is 0 Å². The normalized spacial score (nSPS) is 24.3. The predicted octanol–water partition coefficient (Wildman–Crippen LogP) is 5.21. The van der Waals surface area contributed by atoms with Crippen LogP contribution >= 0.6 is 11.3 Å². The number of aromatic amines is 1. The van der Waals surface area contributed by atoms with Crippen LogP contribution in [0.15, 0.2) is 48.5 Å². The molecule has 2 fully saturated rings. The zero-order valence-electron chi connectivity index (χ0n) is 16.4. The van der Waals surface area contributed by atoms with Gasteiger partial charge >= 0.3 is 0 Å². The largest absolute Gasteiger partial charge is 0.311 e. The molecule has 0 spiro atoms. The molecule has 2 saturated heterocycles. The SMILES string of the molecule is c1ccc2c(c1)sc1c(-c3ccc(CNC4CC5CCCC(C4)N5)cc3)n[nH]c12. The molecular weight excluding hydrogens is 376 g/mol. The molecule has 0 saturated carbocycles. The highest BCUT2D eigenvalue weighted by Crippen LogP contribution is 2.38. The number of rotatable bonds is 4. The van der Waals surface area contributed by atoms with Crippen LogP contribution in [0.5, 0.6) is 0 Å². The highest BCUT2D eigenvalue weighted by Gasteiger charge is 2.30. The van der Waals surface area contributed by atoms with E-state index in [-0.39, 0.29) is 0 Å². The lowest BCUT2D eigenvalue weighted by atomic mass is 9.84. The zero-order chi connectivity index (χ0) is 19.2. The van der Waals surface area contributed by atoms with Crippen molar-refractivity contribution in [2.75, 3.05) is 0 Å². The zero-order valence-corrected chi connectivity index (χ0v) is 17.3. The maximum atomic E-state index is 4.62. The molecule has 0 amide bonds. The molecule has 2 aliphatic heterocycles. The van der Waals surface area contributed by atoms with Crippen molar-refractivity contribution in [1.82, 2.24) is 20.8 Å². The fraction of sp³-hybridized carbons (Fsp3) is 0.375. The van der Waals surface area contributed by atoms with Gasteiger partial charge in [0, 0.05) is 40.3 Å². The van der Waals surface area contributed by atoms with Crippen molar-refractivity contribution in [3.05, 3.63) is 54.1 Å². The highest BCUT2D eigenvalue weighted by molar-refractivity contribution is 7.26. The van der Waals surface area contributed by atoms with E-state index in [2.05, 4.69) is 69.4 Å². The third-order valence-electron chi connectivity index (χ3n) is 6.63. The topological polar surface area (TPSA) is 52.7 Å². The Hall–Kier alpha value is -2.21. The van der Waals surface area contributed by atoms with Gasteiger partial charge in [0.25, 0.3) is 0 Å². The molecule has 2 bridgehead atoms. The molecule has 3 N–H and O–H groups in total. The maximum absolute atomic E-state index is 4.62. The second-order valence-corrected chi connectivity index (χ2v) is 9.66. The van der Waals surface area contributed by atoms with E-state index >= 15 is 0 Å². The number of H-pyrrole nitrogens is 1. The summed E-state index contributed by atoms with van der Waals surface area (Å²) in [4.78, 5) is 0. The van der Waals surface area contributed by atoms with Crippen molar-refractivity contribution in [3.63, 3.8) is 0 Å². The van der Waals surface area contributed by atoms with Gasteiger partial charge in [-0.2, -0.15) is 5.10 Å². The Morgan fingerprint density at radius 3 is 2.62 bits per heavy atom. The van der Waals surface area contributed by atoms with Crippen LogP contribution in [-0.2, 0) is 6.54 Å². The lowest BCUT2D eigenvalue weighted by molar-refractivity contribution is 0.201. The number of nitrogens with one attached hydrogen (secondary N) is 3. The number of hydrogen-bond acceptors (Lipinski definition) is 4. The van der Waals surface area contributed by atoms with Crippen LogP contribution in [-0.4, -0.2) is 28.3 Å². The number of thiophene rings is 1. The lowest BCUT2D eigenvalue weighted by Crippen LogP contribution is -2.53. The van der Waals surface area contributed by atoms with Gasteiger partial charge < -0.3 is 10.6 Å². The average molecular weight is 403 g/mol. The average Bonchev–Trinajstić information content (AvgIpc) is 3.32. The van der Waals surface area contributed by atoms with E-state index in [9.17, 15) is 0 Å². The minimum absolute atomic E-state index is 0.649. The minimum atomic E-state index is 0.649. The third kappa shape index (κ3) is 3.27. The van der Waals surface area contributed by atoms with Crippen LogP contribution in [0.3, 0.4) is 0 Å². The van der Waals surface area contributed by atoms with E-state index in [0.29, 0.717) is 6.04 Å². The second kappa shape index (κ2) is 7.24. The summed E-state index contributed by atoms with van der Waals surface area (Å²) in [7, 11) is 0. The van der Waals surface area contributed by atoms with Gasteiger partial charge in [0.05, 0.1) is 10.2 Å².